The van der Waals surface area contributed by atoms with Gasteiger partial charge in [0.15, 0.2) is 5.76 Å². The van der Waals surface area contributed by atoms with E-state index in [0.717, 1.165) is 30.1 Å². The highest BCUT2D eigenvalue weighted by Gasteiger charge is 2.09. The summed E-state index contributed by atoms with van der Waals surface area (Å²) in [7, 11) is 0. The molecular weight excluding hydrogens is 236 g/mol. The van der Waals surface area contributed by atoms with Crippen LogP contribution < -0.4 is 0 Å². The van der Waals surface area contributed by atoms with Crippen molar-refractivity contribution in [2.45, 2.75) is 6.54 Å². The van der Waals surface area contributed by atoms with Crippen LogP contribution >= 0.6 is 0 Å². The summed E-state index contributed by atoms with van der Waals surface area (Å²) in [5.74, 6) is 0.850. The Labute approximate surface area is 113 Å². The van der Waals surface area contributed by atoms with Gasteiger partial charge in [-0.3, -0.25) is 4.90 Å². The Kier molecular flexibility index (Phi) is 4.70. The molecule has 0 saturated carbocycles. The van der Waals surface area contributed by atoms with Gasteiger partial charge in [-0.2, -0.15) is 0 Å². The van der Waals surface area contributed by atoms with Crippen molar-refractivity contribution in [2.75, 3.05) is 13.1 Å². The Morgan fingerprint density at radius 3 is 2.42 bits per heavy atom. The molecule has 19 heavy (non-hydrogen) atoms. The van der Waals surface area contributed by atoms with E-state index in [4.69, 9.17) is 4.52 Å². The van der Waals surface area contributed by atoms with Crippen LogP contribution in [0.4, 0.5) is 0 Å². The highest BCUT2D eigenvalue weighted by Crippen LogP contribution is 2.19. The molecule has 3 nitrogen and oxygen atoms in total. The first kappa shape index (κ1) is 13.3. The standard InChI is InChI=1S/C16H18N2O/c1-3-10-18(11-4-2)13-15-12-16(17-19-15)14-8-6-5-7-9-14/h3-9,12H,1-2,10-11,13H2. The molecule has 0 aliphatic rings. The first-order valence-corrected chi connectivity index (χ1v) is 6.28. The van der Waals surface area contributed by atoms with Gasteiger partial charge in [0.25, 0.3) is 0 Å². The average Bonchev–Trinajstić information content (AvgIpc) is 2.89. The molecule has 3 heteroatoms. The molecule has 0 N–H and O–H groups in total. The van der Waals surface area contributed by atoms with Crippen LogP contribution in [0.2, 0.25) is 0 Å². The quantitative estimate of drug-likeness (QED) is 0.708. The van der Waals surface area contributed by atoms with Crippen molar-refractivity contribution in [1.82, 2.24) is 10.1 Å². The second-order valence-corrected chi connectivity index (χ2v) is 4.32. The Balaban J connectivity index is 2.08. The van der Waals surface area contributed by atoms with Crippen molar-refractivity contribution >= 4 is 0 Å². The molecular formula is C16H18N2O. The van der Waals surface area contributed by atoms with Crippen molar-refractivity contribution in [1.29, 1.82) is 0 Å². The zero-order chi connectivity index (χ0) is 13.5. The van der Waals surface area contributed by atoms with E-state index in [-0.39, 0.29) is 0 Å². The van der Waals surface area contributed by atoms with E-state index in [2.05, 4.69) is 23.2 Å². The molecule has 0 radical (unpaired) electrons. The SMILES string of the molecule is C=CCN(CC=C)Cc1cc(-c2ccccc2)no1. The van der Waals surface area contributed by atoms with E-state index in [1.54, 1.807) is 0 Å². The largest absolute Gasteiger partial charge is 0.359 e. The summed E-state index contributed by atoms with van der Waals surface area (Å²) in [5.41, 5.74) is 1.93. The van der Waals surface area contributed by atoms with Crippen molar-refractivity contribution in [3.05, 3.63) is 67.5 Å². The highest BCUT2D eigenvalue weighted by atomic mass is 16.5. The molecule has 0 aliphatic carbocycles. The Hall–Kier alpha value is -2.13. The molecule has 2 aromatic rings. The first-order valence-electron chi connectivity index (χ1n) is 6.28. The second-order valence-electron chi connectivity index (χ2n) is 4.32. The fourth-order valence-electron chi connectivity index (χ4n) is 1.92. The second kappa shape index (κ2) is 6.71. The van der Waals surface area contributed by atoms with Crippen molar-refractivity contribution < 1.29 is 4.52 Å². The fourth-order valence-corrected chi connectivity index (χ4v) is 1.92. The van der Waals surface area contributed by atoms with Gasteiger partial charge in [0.1, 0.15) is 5.69 Å². The van der Waals surface area contributed by atoms with Crippen LogP contribution in [0.15, 0.2) is 66.2 Å². The molecule has 1 aromatic heterocycles. The summed E-state index contributed by atoms with van der Waals surface area (Å²) < 4.78 is 5.38. The molecule has 0 bridgehead atoms. The maximum absolute atomic E-state index is 5.38. The molecule has 1 aromatic carbocycles. The Bertz CT molecular complexity index is 521. The molecule has 0 aliphatic heterocycles. The molecule has 0 unspecified atom stereocenters. The summed E-state index contributed by atoms with van der Waals surface area (Å²) in [4.78, 5) is 2.18. The summed E-state index contributed by atoms with van der Waals surface area (Å²) in [5, 5.41) is 4.11. The lowest BCUT2D eigenvalue weighted by Crippen LogP contribution is -2.22. The molecule has 1 heterocycles. The van der Waals surface area contributed by atoms with Gasteiger partial charge in [-0.1, -0.05) is 47.6 Å². The lowest BCUT2D eigenvalue weighted by atomic mass is 10.1. The highest BCUT2D eigenvalue weighted by molar-refractivity contribution is 5.58. The van der Waals surface area contributed by atoms with Crippen molar-refractivity contribution in [3.8, 4) is 11.3 Å². The zero-order valence-corrected chi connectivity index (χ0v) is 11.0. The summed E-state index contributed by atoms with van der Waals surface area (Å²) in [6.07, 6.45) is 3.75. The number of aromatic nitrogens is 1. The molecule has 2 rings (SSSR count). The summed E-state index contributed by atoms with van der Waals surface area (Å²) in [6, 6.07) is 12.0. The van der Waals surface area contributed by atoms with E-state index >= 15 is 0 Å². The van der Waals surface area contributed by atoms with Gasteiger partial charge in [0.2, 0.25) is 0 Å². The summed E-state index contributed by atoms with van der Waals surface area (Å²) in [6.45, 7) is 9.81. The maximum atomic E-state index is 5.38. The number of rotatable bonds is 7. The van der Waals surface area contributed by atoms with Crippen LogP contribution in [-0.4, -0.2) is 23.1 Å². The minimum Gasteiger partial charge on any atom is -0.359 e. The van der Waals surface area contributed by atoms with Crippen LogP contribution in [0.5, 0.6) is 0 Å². The number of benzene rings is 1. The maximum Gasteiger partial charge on any atom is 0.151 e. The van der Waals surface area contributed by atoms with Gasteiger partial charge in [-0.15, -0.1) is 13.2 Å². The molecule has 0 saturated heterocycles. The molecule has 98 valence electrons. The van der Waals surface area contributed by atoms with Gasteiger partial charge < -0.3 is 4.52 Å². The van der Waals surface area contributed by atoms with Crippen LogP contribution in [0.1, 0.15) is 5.76 Å². The van der Waals surface area contributed by atoms with E-state index in [1.807, 2.05) is 48.6 Å². The fraction of sp³-hybridized carbons (Fsp3) is 0.188. The lowest BCUT2D eigenvalue weighted by Gasteiger charge is -2.16. The van der Waals surface area contributed by atoms with Crippen LogP contribution in [0.25, 0.3) is 11.3 Å². The van der Waals surface area contributed by atoms with Crippen molar-refractivity contribution in [3.63, 3.8) is 0 Å². The minimum atomic E-state index is 0.706. The zero-order valence-electron chi connectivity index (χ0n) is 11.0. The van der Waals surface area contributed by atoms with Crippen LogP contribution in [0, 0.1) is 0 Å². The third-order valence-electron chi connectivity index (χ3n) is 2.78. The smallest absolute Gasteiger partial charge is 0.151 e. The van der Waals surface area contributed by atoms with Crippen molar-refractivity contribution in [2.24, 2.45) is 0 Å². The Morgan fingerprint density at radius 1 is 1.11 bits per heavy atom. The normalized spacial score (nSPS) is 10.6. The molecule has 0 fully saturated rings. The van der Waals surface area contributed by atoms with E-state index in [0.29, 0.717) is 6.54 Å². The monoisotopic (exact) mass is 254 g/mol. The van der Waals surface area contributed by atoms with Gasteiger partial charge >= 0.3 is 0 Å². The van der Waals surface area contributed by atoms with Gasteiger partial charge in [-0.25, -0.2) is 0 Å². The average molecular weight is 254 g/mol. The van der Waals surface area contributed by atoms with Gasteiger partial charge in [-0.05, 0) is 0 Å². The van der Waals surface area contributed by atoms with E-state index in [9.17, 15) is 0 Å². The first-order chi connectivity index (χ1) is 9.33. The van der Waals surface area contributed by atoms with E-state index < -0.39 is 0 Å². The number of hydrogen-bond donors (Lipinski definition) is 0. The molecule has 0 atom stereocenters. The summed E-state index contributed by atoms with van der Waals surface area (Å²) >= 11 is 0. The minimum absolute atomic E-state index is 0.706. The number of nitrogens with zero attached hydrogens (tertiary/aromatic N) is 2. The van der Waals surface area contributed by atoms with Crippen LogP contribution in [0.3, 0.4) is 0 Å². The predicted molar refractivity (Wildman–Crippen MR) is 77.6 cm³/mol. The van der Waals surface area contributed by atoms with E-state index in [1.165, 1.54) is 0 Å². The van der Waals surface area contributed by atoms with Gasteiger partial charge in [0.05, 0.1) is 6.54 Å². The topological polar surface area (TPSA) is 29.3 Å². The number of hydrogen-bond acceptors (Lipinski definition) is 3. The molecule has 0 spiro atoms. The molecule has 0 amide bonds. The Morgan fingerprint density at radius 2 is 1.79 bits per heavy atom. The lowest BCUT2D eigenvalue weighted by molar-refractivity contribution is 0.272. The third-order valence-corrected chi connectivity index (χ3v) is 2.78. The third kappa shape index (κ3) is 3.66. The van der Waals surface area contributed by atoms with Crippen LogP contribution in [-0.2, 0) is 6.54 Å². The predicted octanol–water partition coefficient (Wildman–Crippen LogP) is 3.52. The van der Waals surface area contributed by atoms with Gasteiger partial charge in [0, 0.05) is 24.7 Å².